The van der Waals surface area contributed by atoms with Crippen LogP contribution in [0, 0.1) is 0 Å². The minimum absolute atomic E-state index is 0.291. The van der Waals surface area contributed by atoms with E-state index in [0.29, 0.717) is 30.1 Å². The number of nitrogens with zero attached hydrogens (tertiary/aromatic N) is 4. The van der Waals surface area contributed by atoms with E-state index in [1.54, 1.807) is 31.6 Å². The lowest BCUT2D eigenvalue weighted by Crippen LogP contribution is -2.30. The van der Waals surface area contributed by atoms with Gasteiger partial charge in [0.25, 0.3) is 0 Å². The fourth-order valence-corrected chi connectivity index (χ4v) is 5.18. The summed E-state index contributed by atoms with van der Waals surface area (Å²) in [6.07, 6.45) is 4.92. The van der Waals surface area contributed by atoms with Crippen LogP contribution in [0.2, 0.25) is 0 Å². The third-order valence-electron chi connectivity index (χ3n) is 5.56. The van der Waals surface area contributed by atoms with Gasteiger partial charge in [-0.3, -0.25) is 4.98 Å². The number of rotatable bonds is 9. The minimum atomic E-state index is -3.48. The first kappa shape index (κ1) is 22.9. The summed E-state index contributed by atoms with van der Waals surface area (Å²) in [5.74, 6) is 1.62. The molecule has 0 atom stereocenters. The zero-order valence-corrected chi connectivity index (χ0v) is 19.8. The van der Waals surface area contributed by atoms with Crippen molar-refractivity contribution in [2.24, 2.45) is 0 Å². The first-order valence-electron chi connectivity index (χ1n) is 10.9. The Balaban J connectivity index is 1.52. The Morgan fingerprint density at radius 1 is 0.970 bits per heavy atom. The van der Waals surface area contributed by atoms with E-state index in [4.69, 9.17) is 4.74 Å². The lowest BCUT2D eigenvalue weighted by atomic mass is 10.1. The van der Waals surface area contributed by atoms with Gasteiger partial charge in [0.2, 0.25) is 10.0 Å². The number of aromatic nitrogens is 4. The Kier molecular flexibility index (Phi) is 6.71. The summed E-state index contributed by atoms with van der Waals surface area (Å²) < 4.78 is 32.1. The van der Waals surface area contributed by atoms with Gasteiger partial charge in [-0.1, -0.05) is 26.0 Å². The van der Waals surface area contributed by atoms with Crippen molar-refractivity contribution >= 4 is 21.2 Å². The van der Waals surface area contributed by atoms with Gasteiger partial charge in [-0.15, -0.1) is 0 Å². The number of aryl methyl sites for hydroxylation is 2. The molecule has 0 aliphatic rings. The topological polar surface area (TPSA) is 101 Å². The van der Waals surface area contributed by atoms with Crippen molar-refractivity contribution in [2.45, 2.75) is 31.6 Å². The van der Waals surface area contributed by atoms with Gasteiger partial charge < -0.3 is 9.72 Å². The molecule has 0 fully saturated rings. The average molecular weight is 466 g/mol. The lowest BCUT2D eigenvalue weighted by molar-refractivity contribution is 0.413. The van der Waals surface area contributed by atoms with Gasteiger partial charge >= 0.3 is 0 Å². The number of ether oxygens (including phenoxy) is 1. The quantitative estimate of drug-likeness (QED) is 0.403. The molecule has 172 valence electrons. The minimum Gasteiger partial charge on any atom is -0.497 e. The number of imidazole rings is 1. The highest BCUT2D eigenvalue weighted by molar-refractivity contribution is 7.89. The maximum absolute atomic E-state index is 12.7. The van der Waals surface area contributed by atoms with E-state index in [1.807, 2.05) is 44.2 Å². The van der Waals surface area contributed by atoms with Crippen LogP contribution in [0.3, 0.4) is 0 Å². The van der Waals surface area contributed by atoms with Gasteiger partial charge in [0.15, 0.2) is 5.65 Å². The van der Waals surface area contributed by atoms with Crippen LogP contribution < -0.4 is 4.74 Å². The number of H-pyrrole nitrogens is 1. The van der Waals surface area contributed by atoms with Crippen LogP contribution in [0.5, 0.6) is 5.75 Å². The highest BCUT2D eigenvalue weighted by Crippen LogP contribution is 2.25. The summed E-state index contributed by atoms with van der Waals surface area (Å²) in [6.45, 7) is 4.55. The number of nitrogens with one attached hydrogen (secondary N) is 1. The van der Waals surface area contributed by atoms with E-state index in [9.17, 15) is 8.42 Å². The molecule has 4 aromatic rings. The number of sulfonamides is 1. The number of aromatic amines is 1. The molecule has 3 heterocycles. The Morgan fingerprint density at radius 2 is 1.73 bits per heavy atom. The molecule has 0 aliphatic carbocycles. The lowest BCUT2D eigenvalue weighted by Gasteiger charge is -2.18. The molecule has 0 amide bonds. The molecular formula is C24H27N5O3S. The molecule has 3 aromatic heterocycles. The Bertz CT molecular complexity index is 1350. The molecule has 0 spiro atoms. The summed E-state index contributed by atoms with van der Waals surface area (Å²) in [7, 11) is -1.84. The largest absolute Gasteiger partial charge is 0.497 e. The maximum atomic E-state index is 12.7. The van der Waals surface area contributed by atoms with E-state index in [1.165, 1.54) is 4.31 Å². The standard InChI is InChI=1S/C24H27N5O3S/c1-4-29(5-2)33(30,31)21-9-6-17(7-10-21)18-14-22-24(26-16-18)28-23(27-22)11-8-19-15-20(32-3)12-13-25-19/h6-7,9-10,12-16H,4-5,8,11H2,1-3H3,(H,26,27,28). The molecule has 8 nitrogen and oxygen atoms in total. The predicted molar refractivity (Wildman–Crippen MR) is 128 cm³/mol. The number of benzene rings is 1. The first-order valence-corrected chi connectivity index (χ1v) is 12.3. The van der Waals surface area contributed by atoms with Gasteiger partial charge in [0.1, 0.15) is 11.6 Å². The third kappa shape index (κ3) is 4.89. The van der Waals surface area contributed by atoms with Gasteiger partial charge in [0, 0.05) is 49.2 Å². The SMILES string of the molecule is CCN(CC)S(=O)(=O)c1ccc(-c2cnc3nc(CCc4cc(OC)ccn4)[nH]c3c2)cc1. The highest BCUT2D eigenvalue weighted by atomic mass is 32.2. The molecule has 33 heavy (non-hydrogen) atoms. The zero-order chi connectivity index (χ0) is 23.4. The van der Waals surface area contributed by atoms with E-state index in [2.05, 4.69) is 19.9 Å². The molecule has 0 aliphatic heterocycles. The summed E-state index contributed by atoms with van der Waals surface area (Å²) >= 11 is 0. The van der Waals surface area contributed by atoms with Crippen molar-refractivity contribution in [3.8, 4) is 16.9 Å². The van der Waals surface area contributed by atoms with Gasteiger partial charge in [0.05, 0.1) is 17.5 Å². The van der Waals surface area contributed by atoms with Crippen molar-refractivity contribution in [1.29, 1.82) is 0 Å². The van der Waals surface area contributed by atoms with E-state index in [-0.39, 0.29) is 0 Å². The molecule has 4 rings (SSSR count). The van der Waals surface area contributed by atoms with Crippen molar-refractivity contribution < 1.29 is 13.2 Å². The number of fused-ring (bicyclic) bond motifs is 1. The number of hydrogen-bond donors (Lipinski definition) is 1. The molecule has 0 saturated heterocycles. The Morgan fingerprint density at radius 3 is 2.42 bits per heavy atom. The predicted octanol–water partition coefficient (Wildman–Crippen LogP) is 3.84. The molecule has 0 bridgehead atoms. The van der Waals surface area contributed by atoms with Crippen LogP contribution >= 0.6 is 0 Å². The van der Waals surface area contributed by atoms with E-state index >= 15 is 0 Å². The van der Waals surface area contributed by atoms with E-state index in [0.717, 1.165) is 40.3 Å². The number of hydrogen-bond acceptors (Lipinski definition) is 6. The van der Waals surface area contributed by atoms with Crippen LogP contribution in [0.15, 0.2) is 59.8 Å². The van der Waals surface area contributed by atoms with Crippen LogP contribution in [0.1, 0.15) is 25.4 Å². The van der Waals surface area contributed by atoms with Crippen LogP contribution in [-0.4, -0.2) is 52.9 Å². The molecular weight excluding hydrogens is 438 g/mol. The highest BCUT2D eigenvalue weighted by Gasteiger charge is 2.21. The average Bonchev–Trinajstić information content (AvgIpc) is 3.26. The molecule has 0 unspecified atom stereocenters. The summed E-state index contributed by atoms with van der Waals surface area (Å²) in [5.41, 5.74) is 4.19. The van der Waals surface area contributed by atoms with Crippen molar-refractivity contribution in [1.82, 2.24) is 24.2 Å². The molecule has 1 N–H and O–H groups in total. The van der Waals surface area contributed by atoms with Gasteiger partial charge in [-0.25, -0.2) is 18.4 Å². The molecule has 9 heteroatoms. The first-order chi connectivity index (χ1) is 15.9. The van der Waals surface area contributed by atoms with Crippen LogP contribution in [0.4, 0.5) is 0 Å². The summed E-state index contributed by atoms with van der Waals surface area (Å²) in [6, 6.07) is 12.6. The second kappa shape index (κ2) is 9.68. The van der Waals surface area contributed by atoms with Crippen LogP contribution in [-0.2, 0) is 22.9 Å². The van der Waals surface area contributed by atoms with Gasteiger partial charge in [-0.2, -0.15) is 4.31 Å². The molecule has 0 saturated carbocycles. The van der Waals surface area contributed by atoms with Gasteiger partial charge in [-0.05, 0) is 36.2 Å². The number of methoxy groups -OCH3 is 1. The second-order valence-electron chi connectivity index (χ2n) is 7.58. The fourth-order valence-electron chi connectivity index (χ4n) is 3.72. The normalized spacial score (nSPS) is 11.9. The Labute approximate surface area is 193 Å². The summed E-state index contributed by atoms with van der Waals surface area (Å²) in [4.78, 5) is 17.1. The molecule has 0 radical (unpaired) electrons. The van der Waals surface area contributed by atoms with Crippen molar-refractivity contribution in [3.05, 3.63) is 66.4 Å². The van der Waals surface area contributed by atoms with Crippen molar-refractivity contribution in [3.63, 3.8) is 0 Å². The van der Waals surface area contributed by atoms with Crippen molar-refractivity contribution in [2.75, 3.05) is 20.2 Å². The fraction of sp³-hybridized carbons (Fsp3) is 0.292. The third-order valence-corrected chi connectivity index (χ3v) is 7.62. The monoisotopic (exact) mass is 465 g/mol. The van der Waals surface area contributed by atoms with E-state index < -0.39 is 10.0 Å². The number of pyridine rings is 2. The Hall–Kier alpha value is -3.30. The summed E-state index contributed by atoms with van der Waals surface area (Å²) in [5, 5.41) is 0. The maximum Gasteiger partial charge on any atom is 0.243 e. The second-order valence-corrected chi connectivity index (χ2v) is 9.52. The smallest absolute Gasteiger partial charge is 0.243 e. The van der Waals surface area contributed by atoms with Crippen LogP contribution in [0.25, 0.3) is 22.3 Å². The zero-order valence-electron chi connectivity index (χ0n) is 18.9. The molecule has 1 aromatic carbocycles.